The van der Waals surface area contributed by atoms with Crippen LogP contribution in [0.4, 0.5) is 5.82 Å². The molecule has 2 aliphatic rings. The Kier molecular flexibility index (Phi) is 2.39. The van der Waals surface area contributed by atoms with E-state index >= 15 is 0 Å². The number of nitrogen functional groups attached to an aromatic ring is 1. The van der Waals surface area contributed by atoms with Crippen LogP contribution in [0.15, 0.2) is 0 Å². The maximum absolute atomic E-state index is 6.02. The Bertz CT molecular complexity index is 390. The molecule has 2 N–H and O–H groups in total. The number of nitrogens with zero attached hydrogens (tertiary/aromatic N) is 3. The smallest absolute Gasteiger partial charge is 0.149 e. The van der Waals surface area contributed by atoms with Crippen LogP contribution in [0.1, 0.15) is 43.0 Å². The molecule has 88 valence electrons. The third-order valence-electron chi connectivity index (χ3n) is 3.98. The molecule has 1 saturated carbocycles. The summed E-state index contributed by atoms with van der Waals surface area (Å²) in [5.41, 5.74) is 8.71. The van der Waals surface area contributed by atoms with Gasteiger partial charge in [-0.2, -0.15) is 5.10 Å². The first-order valence-electron chi connectivity index (χ1n) is 6.30. The summed E-state index contributed by atoms with van der Waals surface area (Å²) >= 11 is 0. The number of hydrogen-bond donors (Lipinski definition) is 1. The third-order valence-corrected chi connectivity index (χ3v) is 3.98. The predicted octanol–water partition coefficient (Wildman–Crippen LogP) is 1.57. The van der Waals surface area contributed by atoms with Gasteiger partial charge in [0.1, 0.15) is 5.82 Å². The SMILES string of the molecule is CN1CCc2c(N)nn(C3CCCC3)c2C1. The van der Waals surface area contributed by atoms with Crippen LogP contribution in [0.3, 0.4) is 0 Å². The highest BCUT2D eigenvalue weighted by Gasteiger charge is 2.27. The number of anilines is 1. The minimum Gasteiger partial charge on any atom is -0.382 e. The van der Waals surface area contributed by atoms with Gasteiger partial charge in [-0.15, -0.1) is 0 Å². The quantitative estimate of drug-likeness (QED) is 0.781. The standard InChI is InChI=1S/C12H20N4/c1-15-7-6-10-11(8-15)16(14-12(10)13)9-4-2-3-5-9/h9H,2-8H2,1H3,(H2,13,14). The Balaban J connectivity index is 1.98. The van der Waals surface area contributed by atoms with Crippen molar-refractivity contribution in [3.63, 3.8) is 0 Å². The van der Waals surface area contributed by atoms with Crippen molar-refractivity contribution in [3.8, 4) is 0 Å². The van der Waals surface area contributed by atoms with Gasteiger partial charge >= 0.3 is 0 Å². The molecule has 0 amide bonds. The highest BCUT2D eigenvalue weighted by Crippen LogP contribution is 2.33. The lowest BCUT2D eigenvalue weighted by molar-refractivity contribution is 0.292. The summed E-state index contributed by atoms with van der Waals surface area (Å²) in [7, 11) is 2.17. The average molecular weight is 220 g/mol. The van der Waals surface area contributed by atoms with Gasteiger partial charge in [0.15, 0.2) is 0 Å². The van der Waals surface area contributed by atoms with Crippen molar-refractivity contribution in [2.45, 2.75) is 44.7 Å². The van der Waals surface area contributed by atoms with E-state index in [0.29, 0.717) is 6.04 Å². The lowest BCUT2D eigenvalue weighted by atomic mass is 10.1. The number of aromatic nitrogens is 2. The second-order valence-corrected chi connectivity index (χ2v) is 5.18. The molecule has 0 spiro atoms. The lowest BCUT2D eigenvalue weighted by Gasteiger charge is -2.25. The maximum Gasteiger partial charge on any atom is 0.149 e. The summed E-state index contributed by atoms with van der Waals surface area (Å²) in [6, 6.07) is 0.609. The van der Waals surface area contributed by atoms with Crippen LogP contribution in [-0.4, -0.2) is 28.3 Å². The van der Waals surface area contributed by atoms with E-state index in [2.05, 4.69) is 21.7 Å². The van der Waals surface area contributed by atoms with Crippen molar-refractivity contribution in [3.05, 3.63) is 11.3 Å². The normalized spacial score (nSPS) is 22.6. The number of likely N-dealkylation sites (N-methyl/N-ethyl adjacent to an activating group) is 1. The first-order chi connectivity index (χ1) is 7.75. The Hall–Kier alpha value is -1.03. The molecule has 1 aromatic heterocycles. The second-order valence-electron chi connectivity index (χ2n) is 5.18. The molecule has 0 unspecified atom stereocenters. The van der Waals surface area contributed by atoms with E-state index in [1.165, 1.54) is 36.9 Å². The Morgan fingerprint density at radius 1 is 1.31 bits per heavy atom. The second kappa shape index (κ2) is 3.77. The number of fused-ring (bicyclic) bond motifs is 1. The lowest BCUT2D eigenvalue weighted by Crippen LogP contribution is -2.28. The van der Waals surface area contributed by atoms with E-state index in [1.54, 1.807) is 0 Å². The fraction of sp³-hybridized carbons (Fsp3) is 0.750. The maximum atomic E-state index is 6.02. The highest BCUT2D eigenvalue weighted by atomic mass is 15.3. The summed E-state index contributed by atoms with van der Waals surface area (Å²) in [6.45, 7) is 2.11. The van der Waals surface area contributed by atoms with Crippen LogP contribution in [0.2, 0.25) is 0 Å². The number of hydrogen-bond acceptors (Lipinski definition) is 3. The molecule has 0 saturated heterocycles. The summed E-state index contributed by atoms with van der Waals surface area (Å²) < 4.78 is 2.23. The van der Waals surface area contributed by atoms with Crippen LogP contribution in [0, 0.1) is 0 Å². The zero-order valence-electron chi connectivity index (χ0n) is 9.95. The van der Waals surface area contributed by atoms with Crippen LogP contribution in [0.5, 0.6) is 0 Å². The zero-order chi connectivity index (χ0) is 11.1. The molecule has 1 aliphatic carbocycles. The van der Waals surface area contributed by atoms with Crippen LogP contribution >= 0.6 is 0 Å². The van der Waals surface area contributed by atoms with Gasteiger partial charge in [-0.3, -0.25) is 4.68 Å². The van der Waals surface area contributed by atoms with Gasteiger partial charge in [0.05, 0.1) is 11.7 Å². The molecule has 0 radical (unpaired) electrons. The minimum atomic E-state index is 0.609. The number of rotatable bonds is 1. The Morgan fingerprint density at radius 2 is 2.06 bits per heavy atom. The molecular weight excluding hydrogens is 200 g/mol. The van der Waals surface area contributed by atoms with E-state index in [9.17, 15) is 0 Å². The van der Waals surface area contributed by atoms with E-state index in [4.69, 9.17) is 5.73 Å². The van der Waals surface area contributed by atoms with Crippen LogP contribution < -0.4 is 5.73 Å². The molecule has 0 atom stereocenters. The average Bonchev–Trinajstić information content (AvgIpc) is 2.86. The fourth-order valence-electron chi connectivity index (χ4n) is 3.05. The van der Waals surface area contributed by atoms with Gasteiger partial charge in [-0.1, -0.05) is 12.8 Å². The molecule has 0 aromatic carbocycles. The van der Waals surface area contributed by atoms with E-state index in [0.717, 1.165) is 25.3 Å². The van der Waals surface area contributed by atoms with E-state index < -0.39 is 0 Å². The van der Waals surface area contributed by atoms with Crippen molar-refractivity contribution >= 4 is 5.82 Å². The summed E-state index contributed by atoms with van der Waals surface area (Å²) in [5, 5.41) is 4.58. The van der Waals surface area contributed by atoms with Gasteiger partial charge in [0.25, 0.3) is 0 Å². The first kappa shape index (κ1) is 10.1. The van der Waals surface area contributed by atoms with Gasteiger partial charge in [0, 0.05) is 18.7 Å². The van der Waals surface area contributed by atoms with E-state index in [1.807, 2.05) is 0 Å². The van der Waals surface area contributed by atoms with Gasteiger partial charge in [-0.05, 0) is 26.3 Å². The van der Waals surface area contributed by atoms with Crippen molar-refractivity contribution in [2.75, 3.05) is 19.3 Å². The monoisotopic (exact) mass is 220 g/mol. The largest absolute Gasteiger partial charge is 0.382 e. The van der Waals surface area contributed by atoms with Crippen molar-refractivity contribution < 1.29 is 0 Å². The first-order valence-corrected chi connectivity index (χ1v) is 6.30. The van der Waals surface area contributed by atoms with Gasteiger partial charge in [-0.25, -0.2) is 0 Å². The molecular formula is C12H20N4. The highest BCUT2D eigenvalue weighted by molar-refractivity contribution is 5.44. The Labute approximate surface area is 96.4 Å². The summed E-state index contributed by atoms with van der Waals surface area (Å²) in [6.07, 6.45) is 6.29. The molecule has 3 rings (SSSR count). The summed E-state index contributed by atoms with van der Waals surface area (Å²) in [5.74, 6) is 0.773. The van der Waals surface area contributed by atoms with Crippen molar-refractivity contribution in [1.29, 1.82) is 0 Å². The molecule has 16 heavy (non-hydrogen) atoms. The Morgan fingerprint density at radius 3 is 2.81 bits per heavy atom. The molecule has 0 bridgehead atoms. The molecule has 4 nitrogen and oxygen atoms in total. The van der Waals surface area contributed by atoms with Crippen LogP contribution in [-0.2, 0) is 13.0 Å². The van der Waals surface area contributed by atoms with Gasteiger partial charge < -0.3 is 10.6 Å². The molecule has 4 heteroatoms. The molecule has 1 aliphatic heterocycles. The molecule has 2 heterocycles. The predicted molar refractivity (Wildman–Crippen MR) is 64.2 cm³/mol. The van der Waals surface area contributed by atoms with Crippen molar-refractivity contribution in [1.82, 2.24) is 14.7 Å². The number of nitrogens with two attached hydrogens (primary N) is 1. The fourth-order valence-corrected chi connectivity index (χ4v) is 3.05. The van der Waals surface area contributed by atoms with E-state index in [-0.39, 0.29) is 0 Å². The topological polar surface area (TPSA) is 47.1 Å². The minimum absolute atomic E-state index is 0.609. The zero-order valence-corrected chi connectivity index (χ0v) is 9.95. The van der Waals surface area contributed by atoms with Gasteiger partial charge in [0.2, 0.25) is 0 Å². The van der Waals surface area contributed by atoms with Crippen LogP contribution in [0.25, 0.3) is 0 Å². The summed E-state index contributed by atoms with van der Waals surface area (Å²) in [4.78, 5) is 2.36. The molecule has 1 fully saturated rings. The molecule has 1 aromatic rings. The third kappa shape index (κ3) is 1.52. The van der Waals surface area contributed by atoms with Crippen molar-refractivity contribution in [2.24, 2.45) is 0 Å².